The highest BCUT2D eigenvalue weighted by Gasteiger charge is 2.24. The number of rotatable bonds is 5. The van der Waals surface area contributed by atoms with Gasteiger partial charge in [0.25, 0.3) is 0 Å². The van der Waals surface area contributed by atoms with E-state index in [1.54, 1.807) is 6.92 Å². The van der Waals surface area contributed by atoms with E-state index in [4.69, 9.17) is 10.5 Å². The molecular formula is C13H17BrN2O3. The molecule has 0 saturated heterocycles. The summed E-state index contributed by atoms with van der Waals surface area (Å²) in [6, 6.07) is 5.99. The van der Waals surface area contributed by atoms with E-state index in [1.165, 1.54) is 0 Å². The molecule has 0 aliphatic rings. The summed E-state index contributed by atoms with van der Waals surface area (Å²) in [5, 5.41) is 2.67. The van der Waals surface area contributed by atoms with Crippen LogP contribution in [-0.4, -0.2) is 24.5 Å². The van der Waals surface area contributed by atoms with Crippen molar-refractivity contribution in [3.05, 3.63) is 34.3 Å². The molecular weight excluding hydrogens is 312 g/mol. The summed E-state index contributed by atoms with van der Waals surface area (Å²) in [7, 11) is 0. The number of halogens is 1. The number of hydrogen-bond acceptors (Lipinski definition) is 4. The van der Waals surface area contributed by atoms with Crippen LogP contribution in [0.3, 0.4) is 0 Å². The van der Waals surface area contributed by atoms with Crippen LogP contribution in [0.1, 0.15) is 25.5 Å². The van der Waals surface area contributed by atoms with E-state index >= 15 is 0 Å². The van der Waals surface area contributed by atoms with E-state index in [9.17, 15) is 9.59 Å². The molecule has 5 nitrogen and oxygen atoms in total. The van der Waals surface area contributed by atoms with Gasteiger partial charge in [-0.05, 0) is 31.5 Å². The largest absolute Gasteiger partial charge is 0.464 e. The van der Waals surface area contributed by atoms with Gasteiger partial charge in [0.2, 0.25) is 5.91 Å². The minimum Gasteiger partial charge on any atom is -0.464 e. The van der Waals surface area contributed by atoms with Crippen molar-refractivity contribution in [1.82, 2.24) is 5.32 Å². The molecule has 6 heteroatoms. The maximum Gasteiger partial charge on any atom is 0.332 e. The molecule has 0 bridgehead atoms. The zero-order chi connectivity index (χ0) is 14.4. The Balaban J connectivity index is 2.61. The molecule has 1 amide bonds. The average Bonchev–Trinajstić information content (AvgIpc) is 2.38. The molecule has 3 N–H and O–H groups in total. The standard InChI is InChI=1S/C13H17BrN2O3/c1-3-19-13(18)11(15)12(17)16-8(2)9-4-6-10(14)7-5-9/h4-8,11H,3,15H2,1-2H3,(H,16,17). The van der Waals surface area contributed by atoms with Gasteiger partial charge < -0.3 is 15.8 Å². The highest BCUT2D eigenvalue weighted by atomic mass is 79.9. The van der Waals surface area contributed by atoms with Gasteiger partial charge >= 0.3 is 5.97 Å². The second kappa shape index (κ2) is 7.25. The first-order chi connectivity index (χ1) is 8.95. The first kappa shape index (κ1) is 15.7. The average molecular weight is 329 g/mol. The van der Waals surface area contributed by atoms with Crippen LogP contribution in [0, 0.1) is 0 Å². The van der Waals surface area contributed by atoms with Crippen molar-refractivity contribution < 1.29 is 14.3 Å². The van der Waals surface area contributed by atoms with Crippen LogP contribution in [0.15, 0.2) is 28.7 Å². The maximum absolute atomic E-state index is 11.8. The van der Waals surface area contributed by atoms with Gasteiger partial charge in [-0.2, -0.15) is 0 Å². The second-order valence-corrected chi connectivity index (χ2v) is 4.93. The number of ether oxygens (including phenoxy) is 1. The summed E-state index contributed by atoms with van der Waals surface area (Å²) in [5.41, 5.74) is 6.43. The molecule has 19 heavy (non-hydrogen) atoms. The Kier molecular flexibility index (Phi) is 5.98. The fraction of sp³-hybridized carbons (Fsp3) is 0.385. The molecule has 2 unspecified atom stereocenters. The number of esters is 1. The minimum atomic E-state index is -1.29. The highest BCUT2D eigenvalue weighted by molar-refractivity contribution is 9.10. The van der Waals surface area contributed by atoms with Crippen LogP contribution in [-0.2, 0) is 14.3 Å². The normalized spacial score (nSPS) is 13.5. The Bertz CT molecular complexity index is 448. The molecule has 1 aromatic carbocycles. The van der Waals surface area contributed by atoms with E-state index in [-0.39, 0.29) is 12.6 Å². The lowest BCUT2D eigenvalue weighted by Crippen LogP contribution is -2.47. The zero-order valence-corrected chi connectivity index (χ0v) is 12.4. The van der Waals surface area contributed by atoms with Gasteiger partial charge in [-0.1, -0.05) is 28.1 Å². The smallest absolute Gasteiger partial charge is 0.332 e. The van der Waals surface area contributed by atoms with Crippen LogP contribution in [0.5, 0.6) is 0 Å². The summed E-state index contributed by atoms with van der Waals surface area (Å²) in [6.07, 6.45) is 0. The number of nitrogens with two attached hydrogens (primary N) is 1. The monoisotopic (exact) mass is 328 g/mol. The number of carbonyl (C=O) groups is 2. The Labute approximate surface area is 120 Å². The molecule has 0 aliphatic heterocycles. The summed E-state index contributed by atoms with van der Waals surface area (Å²) in [4.78, 5) is 23.1. The van der Waals surface area contributed by atoms with Gasteiger partial charge in [0.05, 0.1) is 12.6 Å². The van der Waals surface area contributed by atoms with E-state index in [0.29, 0.717) is 0 Å². The summed E-state index contributed by atoms with van der Waals surface area (Å²) in [5.74, 6) is -1.27. The number of amides is 1. The van der Waals surface area contributed by atoms with E-state index in [0.717, 1.165) is 10.0 Å². The highest BCUT2D eigenvalue weighted by Crippen LogP contribution is 2.16. The first-order valence-corrected chi connectivity index (χ1v) is 6.73. The van der Waals surface area contributed by atoms with Crippen LogP contribution in [0.25, 0.3) is 0 Å². The quantitative estimate of drug-likeness (QED) is 0.634. The fourth-order valence-corrected chi connectivity index (χ4v) is 1.74. The molecule has 0 radical (unpaired) electrons. The lowest BCUT2D eigenvalue weighted by molar-refractivity contribution is -0.148. The first-order valence-electron chi connectivity index (χ1n) is 5.93. The van der Waals surface area contributed by atoms with Crippen LogP contribution < -0.4 is 11.1 Å². The van der Waals surface area contributed by atoms with Crippen molar-refractivity contribution in [2.45, 2.75) is 25.9 Å². The Morgan fingerprint density at radius 3 is 2.47 bits per heavy atom. The summed E-state index contributed by atoms with van der Waals surface area (Å²) < 4.78 is 5.65. The molecule has 0 spiro atoms. The molecule has 0 saturated carbocycles. The summed E-state index contributed by atoms with van der Waals surface area (Å²) in [6.45, 7) is 3.67. The van der Waals surface area contributed by atoms with Crippen molar-refractivity contribution in [2.75, 3.05) is 6.61 Å². The maximum atomic E-state index is 11.8. The molecule has 0 aliphatic carbocycles. The number of carbonyl (C=O) groups excluding carboxylic acids is 2. The molecule has 0 fully saturated rings. The molecule has 2 atom stereocenters. The van der Waals surface area contributed by atoms with Crippen molar-refractivity contribution in [3.63, 3.8) is 0 Å². The third-order valence-corrected chi connectivity index (χ3v) is 3.08. The Hall–Kier alpha value is -1.40. The van der Waals surface area contributed by atoms with E-state index in [1.807, 2.05) is 31.2 Å². The lowest BCUT2D eigenvalue weighted by Gasteiger charge is -2.17. The number of benzene rings is 1. The molecule has 0 aromatic heterocycles. The van der Waals surface area contributed by atoms with Gasteiger partial charge in [-0.15, -0.1) is 0 Å². The van der Waals surface area contributed by atoms with Crippen LogP contribution in [0.4, 0.5) is 0 Å². The second-order valence-electron chi connectivity index (χ2n) is 4.01. The number of nitrogens with one attached hydrogen (secondary N) is 1. The van der Waals surface area contributed by atoms with Gasteiger partial charge in [0.1, 0.15) is 0 Å². The van der Waals surface area contributed by atoms with Crippen LogP contribution >= 0.6 is 15.9 Å². The zero-order valence-electron chi connectivity index (χ0n) is 10.9. The van der Waals surface area contributed by atoms with E-state index < -0.39 is 17.9 Å². The van der Waals surface area contributed by atoms with Crippen LogP contribution in [0.2, 0.25) is 0 Å². The lowest BCUT2D eigenvalue weighted by atomic mass is 10.1. The number of hydrogen-bond donors (Lipinski definition) is 2. The van der Waals surface area contributed by atoms with E-state index in [2.05, 4.69) is 21.2 Å². The Morgan fingerprint density at radius 2 is 1.95 bits per heavy atom. The predicted molar refractivity (Wildman–Crippen MR) is 75.3 cm³/mol. The molecule has 1 rings (SSSR count). The Morgan fingerprint density at radius 1 is 1.37 bits per heavy atom. The third-order valence-electron chi connectivity index (χ3n) is 2.55. The van der Waals surface area contributed by atoms with Crippen molar-refractivity contribution in [2.24, 2.45) is 5.73 Å². The van der Waals surface area contributed by atoms with Crippen molar-refractivity contribution in [1.29, 1.82) is 0 Å². The molecule has 104 valence electrons. The fourth-order valence-electron chi connectivity index (χ4n) is 1.48. The van der Waals surface area contributed by atoms with Gasteiger partial charge in [0.15, 0.2) is 6.04 Å². The van der Waals surface area contributed by atoms with Crippen molar-refractivity contribution in [3.8, 4) is 0 Å². The predicted octanol–water partition coefficient (Wildman–Crippen LogP) is 1.52. The topological polar surface area (TPSA) is 81.4 Å². The third kappa shape index (κ3) is 4.65. The summed E-state index contributed by atoms with van der Waals surface area (Å²) >= 11 is 3.34. The SMILES string of the molecule is CCOC(=O)C(N)C(=O)NC(C)c1ccc(Br)cc1. The molecule has 1 aromatic rings. The minimum absolute atomic E-state index is 0.197. The van der Waals surface area contributed by atoms with Gasteiger partial charge in [0, 0.05) is 4.47 Å². The van der Waals surface area contributed by atoms with Crippen molar-refractivity contribution >= 4 is 27.8 Å². The molecule has 0 heterocycles. The van der Waals surface area contributed by atoms with Gasteiger partial charge in [-0.25, -0.2) is 4.79 Å². The van der Waals surface area contributed by atoms with Gasteiger partial charge in [-0.3, -0.25) is 4.79 Å².